The molecule has 0 saturated carbocycles. The molecular weight excluding hydrogens is 2530 g/mol. The molecule has 0 saturated heterocycles. The molecule has 0 aliphatic heterocycles. The van der Waals surface area contributed by atoms with E-state index in [9.17, 15) is 110 Å². The van der Waals surface area contributed by atoms with Crippen molar-refractivity contribution in [2.24, 2.45) is 0 Å². The van der Waals surface area contributed by atoms with Gasteiger partial charge in [-0.05, 0) is 190 Å². The first-order valence-corrected chi connectivity index (χ1v) is 74.7. The summed E-state index contributed by atoms with van der Waals surface area (Å²) in [4.78, 5) is 0. The molecule has 6 unspecified atom stereocenters. The number of phenolic OH excluding ortho intramolecular Hbond substituents is 6. The van der Waals surface area contributed by atoms with E-state index in [4.69, 9.17) is 110 Å². The second-order valence-corrected chi connectivity index (χ2v) is 57.4. The molecule has 12 aromatic rings. The van der Waals surface area contributed by atoms with E-state index in [1.807, 2.05) is 80.5 Å². The molecule has 0 aromatic heterocycles. The van der Waals surface area contributed by atoms with E-state index in [1.54, 1.807) is 124 Å². The van der Waals surface area contributed by atoms with E-state index >= 15 is 0 Å². The summed E-state index contributed by atoms with van der Waals surface area (Å²) in [6.45, 7) is 28.8. The topological polar surface area (TPSA) is 121 Å². The van der Waals surface area contributed by atoms with Crippen LogP contribution in [0.3, 0.4) is 0 Å². The number of benzene rings is 12. The second-order valence-electron chi connectivity index (χ2n) is 32.8. The van der Waals surface area contributed by atoms with Crippen molar-refractivity contribution in [3.05, 3.63) is 320 Å². The molecule has 0 bridgehead atoms. The maximum atomic E-state index is 13.5. The van der Waals surface area contributed by atoms with Gasteiger partial charge in [-0.25, -0.2) is 0 Å². The molecule has 6 N–H and O–H groups in total. The molecule has 0 fully saturated rings. The van der Waals surface area contributed by atoms with Gasteiger partial charge in [-0.1, -0.05) is 289 Å². The van der Waals surface area contributed by atoms with Gasteiger partial charge in [0.05, 0.1) is 33.4 Å². The van der Waals surface area contributed by atoms with Crippen LogP contribution in [0.5, 0.6) is 34.5 Å². The number of halogens is 30. The van der Waals surface area contributed by atoms with Gasteiger partial charge in [0, 0.05) is 43.0 Å². The summed E-state index contributed by atoms with van der Waals surface area (Å²) in [5.74, 6) is 0.387. The summed E-state index contributed by atoms with van der Waals surface area (Å²) in [5, 5.41) is 64.9. The van der Waals surface area contributed by atoms with Crippen LogP contribution in [0.1, 0.15) is 146 Å². The number of hydrogen-bond donors (Lipinski definition) is 6. The fourth-order valence-corrected chi connectivity index (χ4v) is 20.4. The minimum absolute atomic E-state index is 0.0211. The third-order valence-corrected chi connectivity index (χ3v) is 27.1. The monoisotopic (exact) mass is 2620 g/mol. The predicted molar refractivity (Wildman–Crippen MR) is 558 cm³/mol. The zero-order chi connectivity index (χ0) is 111. The number of aromatic hydroxyl groups is 6. The van der Waals surface area contributed by atoms with E-state index in [1.165, 1.54) is 84.9 Å². The fourth-order valence-electron chi connectivity index (χ4n) is 12.4. The number of para-hydroxylation sites is 2. The van der Waals surface area contributed by atoms with Crippen molar-refractivity contribution >= 4 is 225 Å². The van der Waals surface area contributed by atoms with E-state index in [0.29, 0.717) is 48.5 Å². The van der Waals surface area contributed by atoms with E-state index in [-0.39, 0.29) is 134 Å². The summed E-state index contributed by atoms with van der Waals surface area (Å²) >= 11 is -3.60. The molecule has 6 atom stereocenters. The van der Waals surface area contributed by atoms with Crippen molar-refractivity contribution in [1.29, 1.82) is 0 Å². The SMILES string of the molecule is Cc1cc(C)c(O)c(Pc2ccccc2C(F)(F)F)c1.Cc1cc(Pc2ccccc2C(F)(F)F)c(O)c(C(C)(C)C)c1.Cc1ccc(O)c(Pc2ccccc2C(F)(F)F)c1.Cc1ccc(Pc2cc(C(C)(C)C)cc(C(C)(C)C)c2O)c(C(F)(F)F)c1.Cc1cccc(Pc2ccccc2C(F)(F)F)c1O.Oc1ccccc1Pc1ccccc1C(F)(F)F.[Cl][Ti][Cl].[Cl][Ti][Cl].[Cl][Ti][Cl].[Cl][Ti][Cl].[Cl][Ti][Cl].[Cl][Zr][Cl]. The number of hydrogen-bond acceptors (Lipinski definition) is 6. The van der Waals surface area contributed by atoms with Crippen LogP contribution in [0.4, 0.5) is 79.0 Å². The van der Waals surface area contributed by atoms with Crippen molar-refractivity contribution in [3.8, 4) is 34.5 Å². The molecular formula is C96H96Cl12F18O6P6Ti5Zr. The fraction of sp³-hybridized carbons (Fsp3) is 0.250. The third-order valence-electron chi connectivity index (χ3n) is 18.8. The van der Waals surface area contributed by atoms with Gasteiger partial charge in [0.2, 0.25) is 0 Å². The van der Waals surface area contributed by atoms with Crippen LogP contribution in [0.25, 0.3) is 0 Å². The molecule has 12 aromatic carbocycles. The van der Waals surface area contributed by atoms with Crippen molar-refractivity contribution in [2.75, 3.05) is 0 Å². The first kappa shape index (κ1) is 141. The van der Waals surface area contributed by atoms with Crippen LogP contribution in [0, 0.1) is 41.5 Å². The molecule has 0 amide bonds. The summed E-state index contributed by atoms with van der Waals surface area (Å²) < 4.78 is 234. The van der Waals surface area contributed by atoms with Crippen LogP contribution < -0.4 is 63.7 Å². The zero-order valence-electron chi connectivity index (χ0n) is 78.5. The average molecular weight is 2630 g/mol. The molecule has 6 nitrogen and oxygen atoms in total. The van der Waals surface area contributed by atoms with Crippen molar-refractivity contribution in [3.63, 3.8) is 0 Å². The van der Waals surface area contributed by atoms with Gasteiger partial charge < -0.3 is 30.6 Å². The standard InChI is InChI=1S/C22H28F3OP.C18H20F3OP.C15H14F3OP.2C14H12F3OP.C13H10F3OP.12ClH.5Ti.Zr/c1-13-8-9-17(15(10-13)22(23,24)25)27-18-12-14(20(2,3)4)11-16(19(18)26)21(5,6)7;1-11-9-13(17(2,3)4)16(22)15(10-11)23-14-8-6-5-7-12(14)18(19,20)21;1-9-7-10(2)14(19)13(8-9)20-12-6-4-3-5-11(12)15(16,17)18;1-9-5-4-8-12(13(9)18)19-11-7-3-2-6-10(11)14(15,16)17;1-9-6-7-11(18)13(8-9)19-12-5-3-2-4-10(12)14(15,16)17;14-13(15,16)9-5-1-3-7-11(9)18-12-8-4-2-6-10(12)17;;;;;;;;;;;;;;;;;;/h8-12,26-27H,1-7H3;5-10,22-23H,1-4H3;3-8,19-20H,1-2H3;2*2-8,18-19H,1H3;1-8,17-18H;12*1H;;;;;;/q;;;;;;;;;;;;;;;;;;6*+2/p-12. The Morgan fingerprint density at radius 1 is 0.215 bits per heavy atom. The molecule has 0 radical (unpaired) electrons. The predicted octanol–water partition coefficient (Wildman–Crippen LogP) is 32.2. The molecule has 780 valence electrons. The molecule has 12 rings (SSSR count). The summed E-state index contributed by atoms with van der Waals surface area (Å²) in [7, 11) is 57.3. The van der Waals surface area contributed by atoms with E-state index in [2.05, 4.69) is 20.8 Å². The third kappa shape index (κ3) is 51.6. The van der Waals surface area contributed by atoms with Crippen LogP contribution in [-0.4, -0.2) is 30.6 Å². The molecule has 144 heavy (non-hydrogen) atoms. The molecule has 48 heteroatoms. The Bertz CT molecular complexity index is 5870. The van der Waals surface area contributed by atoms with Crippen LogP contribution in [-0.2, 0) is 159 Å². The van der Waals surface area contributed by atoms with E-state index < -0.39 is 176 Å². The van der Waals surface area contributed by atoms with Gasteiger partial charge in [0.15, 0.2) is 0 Å². The summed E-state index contributed by atoms with van der Waals surface area (Å²) in [5.41, 5.74) is 2.58. The molecule has 0 aliphatic carbocycles. The van der Waals surface area contributed by atoms with Gasteiger partial charge in [0.1, 0.15) is 34.5 Å². The molecule has 0 heterocycles. The Morgan fingerprint density at radius 2 is 0.451 bits per heavy atom. The zero-order valence-corrected chi connectivity index (χ0v) is 104. The Balaban J connectivity index is 0.000000837. The summed E-state index contributed by atoms with van der Waals surface area (Å²) in [6, 6.07) is 59.2. The number of phenols is 6. The molecule has 0 spiro atoms. The summed E-state index contributed by atoms with van der Waals surface area (Å²) in [6.07, 6.45) is -26.3. The second kappa shape index (κ2) is 68.3. The van der Waals surface area contributed by atoms with Gasteiger partial charge in [-0.15, -0.1) is 0 Å². The van der Waals surface area contributed by atoms with Crippen molar-refractivity contribution < 1.29 is 216 Å². The van der Waals surface area contributed by atoms with Gasteiger partial charge in [-0.3, -0.25) is 0 Å². The van der Waals surface area contributed by atoms with Gasteiger partial charge >= 0.3 is 253 Å². The quantitative estimate of drug-likeness (QED) is 0.0412. The van der Waals surface area contributed by atoms with Crippen molar-refractivity contribution in [1.82, 2.24) is 0 Å². The first-order chi connectivity index (χ1) is 66.6. The van der Waals surface area contributed by atoms with Gasteiger partial charge in [-0.2, -0.15) is 79.0 Å². The number of aryl methyl sites for hydroxylation is 6. The number of rotatable bonds is 12. The minimum atomic E-state index is -4.42. The Hall–Kier alpha value is -1.31. The van der Waals surface area contributed by atoms with Crippen LogP contribution in [0.15, 0.2) is 237 Å². The van der Waals surface area contributed by atoms with E-state index in [0.717, 1.165) is 63.7 Å². The molecule has 0 aliphatic rings. The Kier molecular flexibility index (Phi) is 66.7. The van der Waals surface area contributed by atoms with Gasteiger partial charge in [0.25, 0.3) is 0 Å². The van der Waals surface area contributed by atoms with Crippen molar-refractivity contribution in [2.45, 2.75) is 157 Å². The normalized spacial score (nSPS) is 11.6. The number of alkyl halides is 18. The Labute approximate surface area is 941 Å². The first-order valence-electron chi connectivity index (χ1n) is 40.9. The van der Waals surface area contributed by atoms with Crippen LogP contribution >= 0.6 is 162 Å². The van der Waals surface area contributed by atoms with Crippen LogP contribution in [0.2, 0.25) is 0 Å². The Morgan fingerprint density at radius 3 is 0.785 bits per heavy atom. The average Bonchev–Trinajstić information content (AvgIpc) is 0.769. The maximum absolute atomic E-state index is 13.5.